The van der Waals surface area contributed by atoms with Crippen LogP contribution in [0.25, 0.3) is 0 Å². The minimum Gasteiger partial charge on any atom is -0.368 e. The fourth-order valence-electron chi connectivity index (χ4n) is 1.44. The van der Waals surface area contributed by atoms with Crippen LogP contribution in [0.1, 0.15) is 18.5 Å². The summed E-state index contributed by atoms with van der Waals surface area (Å²) in [6, 6.07) is 6.33. The largest absolute Gasteiger partial charge is 0.368 e. The fraction of sp³-hybridized carbons (Fsp3) is 0.200. The second-order valence-corrected chi connectivity index (χ2v) is 3.43. The van der Waals surface area contributed by atoms with Crippen molar-refractivity contribution in [3.63, 3.8) is 0 Å². The van der Waals surface area contributed by atoms with Crippen LogP contribution in [0.15, 0.2) is 24.3 Å². The molecule has 4 N–H and O–H groups in total. The summed E-state index contributed by atoms with van der Waals surface area (Å²) in [5.41, 5.74) is 5.94. The second-order valence-electron chi connectivity index (χ2n) is 3.43. The first kappa shape index (κ1) is 10.4. The maximum atomic E-state index is 13.4. The van der Waals surface area contributed by atoms with Gasteiger partial charge in [0.15, 0.2) is 0 Å². The number of aromatic nitrogens is 3. The van der Waals surface area contributed by atoms with Crippen molar-refractivity contribution < 1.29 is 4.39 Å². The zero-order valence-electron chi connectivity index (χ0n) is 8.74. The van der Waals surface area contributed by atoms with E-state index in [1.165, 1.54) is 6.07 Å². The van der Waals surface area contributed by atoms with Gasteiger partial charge in [-0.05, 0) is 13.0 Å². The number of nitrogens with zero attached hydrogens (tertiary/aromatic N) is 2. The number of nitrogen functional groups attached to an aromatic ring is 1. The van der Waals surface area contributed by atoms with Gasteiger partial charge in [0.25, 0.3) is 0 Å². The number of hydrogen-bond acceptors (Lipinski definition) is 4. The van der Waals surface area contributed by atoms with Crippen molar-refractivity contribution in [1.82, 2.24) is 15.2 Å². The number of anilines is 2. The molecule has 0 aliphatic heterocycles. The summed E-state index contributed by atoms with van der Waals surface area (Å²) in [7, 11) is 0. The Labute approximate surface area is 91.9 Å². The van der Waals surface area contributed by atoms with Crippen molar-refractivity contribution in [2.24, 2.45) is 0 Å². The molecular formula is C10H12FN5. The van der Waals surface area contributed by atoms with E-state index in [0.717, 1.165) is 0 Å². The van der Waals surface area contributed by atoms with Gasteiger partial charge in [-0.3, -0.25) is 0 Å². The van der Waals surface area contributed by atoms with Crippen molar-refractivity contribution in [3.05, 3.63) is 35.6 Å². The van der Waals surface area contributed by atoms with Crippen LogP contribution < -0.4 is 11.1 Å². The van der Waals surface area contributed by atoms with Crippen molar-refractivity contribution in [1.29, 1.82) is 0 Å². The van der Waals surface area contributed by atoms with E-state index in [1.807, 2.05) is 6.92 Å². The van der Waals surface area contributed by atoms with E-state index in [-0.39, 0.29) is 17.8 Å². The highest BCUT2D eigenvalue weighted by molar-refractivity contribution is 5.34. The van der Waals surface area contributed by atoms with Crippen molar-refractivity contribution in [3.8, 4) is 0 Å². The molecule has 0 saturated heterocycles. The van der Waals surface area contributed by atoms with Crippen LogP contribution in [0.4, 0.5) is 16.3 Å². The number of halogens is 1. The molecule has 2 aromatic rings. The third-order valence-electron chi connectivity index (χ3n) is 2.22. The molecule has 2 rings (SSSR count). The minimum absolute atomic E-state index is 0.225. The molecule has 0 amide bonds. The molecule has 84 valence electrons. The first-order valence-corrected chi connectivity index (χ1v) is 4.85. The fourth-order valence-corrected chi connectivity index (χ4v) is 1.44. The van der Waals surface area contributed by atoms with E-state index >= 15 is 0 Å². The molecule has 0 aliphatic rings. The first-order chi connectivity index (χ1) is 7.66. The summed E-state index contributed by atoms with van der Waals surface area (Å²) in [6.45, 7) is 1.82. The highest BCUT2D eigenvalue weighted by Gasteiger charge is 2.11. The van der Waals surface area contributed by atoms with E-state index in [4.69, 9.17) is 5.73 Å². The van der Waals surface area contributed by atoms with Crippen LogP contribution in [0.3, 0.4) is 0 Å². The lowest BCUT2D eigenvalue weighted by atomic mass is 10.1. The van der Waals surface area contributed by atoms with Gasteiger partial charge in [0, 0.05) is 5.56 Å². The van der Waals surface area contributed by atoms with Crippen LogP contribution >= 0.6 is 0 Å². The SMILES string of the molecule is CC(Nc1n[nH]c(N)n1)c1ccccc1F. The van der Waals surface area contributed by atoms with E-state index in [9.17, 15) is 4.39 Å². The van der Waals surface area contributed by atoms with E-state index in [2.05, 4.69) is 20.5 Å². The van der Waals surface area contributed by atoms with Gasteiger partial charge in [0.2, 0.25) is 11.9 Å². The second kappa shape index (κ2) is 4.18. The highest BCUT2D eigenvalue weighted by Crippen LogP contribution is 2.19. The number of rotatable bonds is 3. The number of aromatic amines is 1. The van der Waals surface area contributed by atoms with E-state index in [1.54, 1.807) is 18.2 Å². The van der Waals surface area contributed by atoms with Crippen LogP contribution in [0, 0.1) is 5.82 Å². The first-order valence-electron chi connectivity index (χ1n) is 4.85. The van der Waals surface area contributed by atoms with Gasteiger partial charge in [0.1, 0.15) is 5.82 Å². The van der Waals surface area contributed by atoms with Crippen molar-refractivity contribution >= 4 is 11.9 Å². The van der Waals surface area contributed by atoms with Crippen molar-refractivity contribution in [2.75, 3.05) is 11.1 Å². The Morgan fingerprint density at radius 2 is 2.19 bits per heavy atom. The quantitative estimate of drug-likeness (QED) is 0.737. The van der Waals surface area contributed by atoms with Gasteiger partial charge in [-0.1, -0.05) is 18.2 Å². The molecule has 0 saturated carbocycles. The molecule has 1 aromatic heterocycles. The Bertz CT molecular complexity index is 482. The molecule has 0 aliphatic carbocycles. The molecule has 0 spiro atoms. The summed E-state index contributed by atoms with van der Waals surface area (Å²) in [6.07, 6.45) is 0. The molecule has 6 heteroatoms. The summed E-state index contributed by atoms with van der Waals surface area (Å²) in [5, 5.41) is 9.26. The summed E-state index contributed by atoms with van der Waals surface area (Å²) in [5.74, 6) is 0.322. The van der Waals surface area contributed by atoms with Crippen LogP contribution in [0.5, 0.6) is 0 Å². The normalized spacial score (nSPS) is 12.4. The Morgan fingerprint density at radius 3 is 2.81 bits per heavy atom. The van der Waals surface area contributed by atoms with Crippen LogP contribution in [-0.4, -0.2) is 15.2 Å². The van der Waals surface area contributed by atoms with Gasteiger partial charge in [0.05, 0.1) is 6.04 Å². The molecule has 1 aromatic carbocycles. The Hall–Kier alpha value is -2.11. The Kier molecular flexibility index (Phi) is 2.72. The Balaban J connectivity index is 2.14. The molecule has 1 atom stereocenters. The maximum Gasteiger partial charge on any atom is 0.244 e. The van der Waals surface area contributed by atoms with Gasteiger partial charge in [-0.15, -0.1) is 5.10 Å². The van der Waals surface area contributed by atoms with Gasteiger partial charge in [-0.2, -0.15) is 4.98 Å². The van der Waals surface area contributed by atoms with Gasteiger partial charge in [-0.25, -0.2) is 9.49 Å². The lowest BCUT2D eigenvalue weighted by molar-refractivity contribution is 0.599. The van der Waals surface area contributed by atoms with Crippen molar-refractivity contribution in [2.45, 2.75) is 13.0 Å². The summed E-state index contributed by atoms with van der Waals surface area (Å²) >= 11 is 0. The third-order valence-corrected chi connectivity index (χ3v) is 2.22. The van der Waals surface area contributed by atoms with Crippen LogP contribution in [-0.2, 0) is 0 Å². The zero-order valence-corrected chi connectivity index (χ0v) is 8.74. The molecular weight excluding hydrogens is 209 g/mol. The van der Waals surface area contributed by atoms with E-state index < -0.39 is 0 Å². The average Bonchev–Trinajstić information content (AvgIpc) is 2.64. The average molecular weight is 221 g/mol. The summed E-state index contributed by atoms with van der Waals surface area (Å²) in [4.78, 5) is 3.88. The molecule has 1 heterocycles. The minimum atomic E-state index is -0.258. The monoisotopic (exact) mass is 221 g/mol. The number of hydrogen-bond donors (Lipinski definition) is 3. The third kappa shape index (κ3) is 2.10. The van der Waals surface area contributed by atoms with Gasteiger partial charge >= 0.3 is 0 Å². The molecule has 1 unspecified atom stereocenters. The molecule has 16 heavy (non-hydrogen) atoms. The predicted octanol–water partition coefficient (Wildman–Crippen LogP) is 1.70. The lowest BCUT2D eigenvalue weighted by Gasteiger charge is -2.13. The maximum absolute atomic E-state index is 13.4. The standard InChI is InChI=1S/C10H12FN5/c1-6(7-4-2-3-5-8(7)11)13-10-14-9(12)15-16-10/h2-6H,1H3,(H4,12,13,14,15,16). The molecule has 0 radical (unpaired) electrons. The topological polar surface area (TPSA) is 79.6 Å². The molecule has 0 bridgehead atoms. The molecule has 0 fully saturated rings. The lowest BCUT2D eigenvalue weighted by Crippen LogP contribution is -2.09. The number of nitrogens with two attached hydrogens (primary N) is 1. The number of nitrogens with one attached hydrogen (secondary N) is 2. The Morgan fingerprint density at radius 1 is 1.44 bits per heavy atom. The zero-order chi connectivity index (χ0) is 11.5. The van der Waals surface area contributed by atoms with Crippen LogP contribution in [0.2, 0.25) is 0 Å². The summed E-state index contributed by atoms with van der Waals surface area (Å²) < 4.78 is 13.4. The highest BCUT2D eigenvalue weighted by atomic mass is 19.1. The number of H-pyrrole nitrogens is 1. The predicted molar refractivity (Wildman–Crippen MR) is 59.2 cm³/mol. The van der Waals surface area contributed by atoms with Gasteiger partial charge < -0.3 is 11.1 Å². The number of benzene rings is 1. The van der Waals surface area contributed by atoms with E-state index in [0.29, 0.717) is 11.5 Å². The molecule has 5 nitrogen and oxygen atoms in total. The smallest absolute Gasteiger partial charge is 0.244 e.